The van der Waals surface area contributed by atoms with E-state index in [1.807, 2.05) is 19.1 Å². The molecule has 1 atom stereocenters. The van der Waals surface area contributed by atoms with Crippen molar-refractivity contribution in [1.82, 2.24) is 9.88 Å². The summed E-state index contributed by atoms with van der Waals surface area (Å²) in [7, 11) is 0. The van der Waals surface area contributed by atoms with Gasteiger partial charge in [0.2, 0.25) is 5.91 Å². The summed E-state index contributed by atoms with van der Waals surface area (Å²) >= 11 is 0. The Kier molecular flexibility index (Phi) is 5.58. The normalized spacial score (nSPS) is 15.9. The number of amides is 3. The predicted octanol–water partition coefficient (Wildman–Crippen LogP) is 3.50. The van der Waals surface area contributed by atoms with E-state index in [1.165, 1.54) is 29.2 Å². The van der Waals surface area contributed by atoms with Crippen molar-refractivity contribution >= 4 is 23.4 Å². The molecule has 3 aromatic rings. The van der Waals surface area contributed by atoms with Crippen LogP contribution in [0.25, 0.3) is 0 Å². The number of carbonyl (C=O) groups excluding carboxylic acids is 3. The SMILES string of the molecule is Cc1ccc(C(=O)N(Cc2cccnc2)C2CC(=O)N(c3ccc(F)cc3)C2=O)cc1. The summed E-state index contributed by atoms with van der Waals surface area (Å²) in [5, 5.41) is 0. The van der Waals surface area contributed by atoms with Crippen LogP contribution in [0, 0.1) is 12.7 Å². The van der Waals surface area contributed by atoms with E-state index in [0.717, 1.165) is 16.0 Å². The van der Waals surface area contributed by atoms with E-state index in [0.29, 0.717) is 5.56 Å². The first-order chi connectivity index (χ1) is 14.9. The van der Waals surface area contributed by atoms with Crippen LogP contribution < -0.4 is 4.90 Å². The molecule has 31 heavy (non-hydrogen) atoms. The van der Waals surface area contributed by atoms with Crippen LogP contribution in [-0.4, -0.2) is 33.6 Å². The van der Waals surface area contributed by atoms with E-state index in [4.69, 9.17) is 0 Å². The second-order valence-electron chi connectivity index (χ2n) is 7.42. The van der Waals surface area contributed by atoms with Crippen molar-refractivity contribution in [2.24, 2.45) is 0 Å². The minimum atomic E-state index is -0.966. The Bertz CT molecular complexity index is 1120. The highest BCUT2D eigenvalue weighted by Gasteiger charge is 2.44. The van der Waals surface area contributed by atoms with Gasteiger partial charge in [-0.25, -0.2) is 9.29 Å². The lowest BCUT2D eigenvalue weighted by atomic mass is 10.1. The van der Waals surface area contributed by atoms with Crippen LogP contribution in [0.4, 0.5) is 10.1 Å². The Hall–Kier alpha value is -3.87. The molecule has 2 aromatic carbocycles. The third-order valence-corrected chi connectivity index (χ3v) is 5.22. The van der Waals surface area contributed by atoms with E-state index in [-0.39, 0.29) is 24.6 Å². The molecule has 0 bridgehead atoms. The highest BCUT2D eigenvalue weighted by atomic mass is 19.1. The summed E-state index contributed by atoms with van der Waals surface area (Å²) in [6, 6.07) is 14.8. The largest absolute Gasteiger partial charge is 0.322 e. The van der Waals surface area contributed by atoms with E-state index in [2.05, 4.69) is 4.98 Å². The lowest BCUT2D eigenvalue weighted by Crippen LogP contribution is -2.45. The Morgan fingerprint density at radius 2 is 1.81 bits per heavy atom. The number of hydrogen-bond donors (Lipinski definition) is 0. The van der Waals surface area contributed by atoms with Gasteiger partial charge in [0.25, 0.3) is 11.8 Å². The summed E-state index contributed by atoms with van der Waals surface area (Å²) in [6.07, 6.45) is 3.10. The monoisotopic (exact) mass is 417 g/mol. The molecular formula is C24H20FN3O3. The molecule has 4 rings (SSSR count). The van der Waals surface area contributed by atoms with Crippen molar-refractivity contribution in [2.45, 2.75) is 25.9 Å². The van der Waals surface area contributed by atoms with Crippen LogP contribution in [-0.2, 0) is 16.1 Å². The zero-order chi connectivity index (χ0) is 22.0. The summed E-state index contributed by atoms with van der Waals surface area (Å²) in [4.78, 5) is 45.8. The number of imide groups is 1. The number of nitrogens with zero attached hydrogens (tertiary/aromatic N) is 3. The minimum Gasteiger partial charge on any atom is -0.322 e. The molecule has 0 radical (unpaired) electrons. The van der Waals surface area contributed by atoms with Gasteiger partial charge in [0.05, 0.1) is 12.1 Å². The second-order valence-corrected chi connectivity index (χ2v) is 7.42. The van der Waals surface area contributed by atoms with Crippen molar-refractivity contribution in [1.29, 1.82) is 0 Å². The van der Waals surface area contributed by atoms with E-state index in [1.54, 1.807) is 36.7 Å². The second kappa shape index (κ2) is 8.47. The number of pyridine rings is 1. The molecule has 0 saturated carbocycles. The maximum absolute atomic E-state index is 13.4. The van der Waals surface area contributed by atoms with Gasteiger partial charge < -0.3 is 4.90 Å². The Morgan fingerprint density at radius 3 is 2.45 bits per heavy atom. The van der Waals surface area contributed by atoms with Gasteiger partial charge in [0.1, 0.15) is 11.9 Å². The van der Waals surface area contributed by atoms with Crippen molar-refractivity contribution in [2.75, 3.05) is 4.90 Å². The van der Waals surface area contributed by atoms with Gasteiger partial charge in [-0.2, -0.15) is 0 Å². The van der Waals surface area contributed by atoms with Gasteiger partial charge in [-0.15, -0.1) is 0 Å². The quantitative estimate of drug-likeness (QED) is 0.596. The molecule has 1 aliphatic rings. The zero-order valence-corrected chi connectivity index (χ0v) is 16.9. The third-order valence-electron chi connectivity index (χ3n) is 5.22. The summed E-state index contributed by atoms with van der Waals surface area (Å²) < 4.78 is 13.3. The lowest BCUT2D eigenvalue weighted by molar-refractivity contribution is -0.122. The van der Waals surface area contributed by atoms with E-state index < -0.39 is 23.7 Å². The minimum absolute atomic E-state index is 0.126. The topological polar surface area (TPSA) is 70.6 Å². The molecule has 1 aliphatic heterocycles. The maximum Gasteiger partial charge on any atom is 0.257 e. The lowest BCUT2D eigenvalue weighted by Gasteiger charge is -2.28. The molecule has 1 unspecified atom stereocenters. The number of hydrogen-bond acceptors (Lipinski definition) is 4. The molecule has 1 aromatic heterocycles. The standard InChI is InChI=1S/C24H20FN3O3/c1-16-4-6-18(7-5-16)23(30)27(15-17-3-2-12-26-14-17)21-13-22(29)28(24(21)31)20-10-8-19(25)9-11-20/h2-12,14,21H,13,15H2,1H3. The van der Waals surface area contributed by atoms with Crippen molar-refractivity contribution in [3.63, 3.8) is 0 Å². The molecule has 0 spiro atoms. The van der Waals surface area contributed by atoms with E-state index in [9.17, 15) is 18.8 Å². The number of aromatic nitrogens is 1. The number of halogens is 1. The van der Waals surface area contributed by atoms with Gasteiger partial charge in [-0.05, 0) is 55.0 Å². The zero-order valence-electron chi connectivity index (χ0n) is 16.9. The molecule has 1 saturated heterocycles. The Balaban J connectivity index is 1.68. The number of carbonyl (C=O) groups is 3. The molecule has 2 heterocycles. The van der Waals surface area contributed by atoms with Crippen molar-refractivity contribution < 1.29 is 18.8 Å². The average molecular weight is 417 g/mol. The summed E-state index contributed by atoms with van der Waals surface area (Å²) in [5.41, 5.74) is 2.45. The maximum atomic E-state index is 13.4. The fourth-order valence-electron chi connectivity index (χ4n) is 3.59. The first-order valence-electron chi connectivity index (χ1n) is 9.83. The predicted molar refractivity (Wildman–Crippen MR) is 113 cm³/mol. The molecular weight excluding hydrogens is 397 g/mol. The van der Waals surface area contributed by atoms with Gasteiger partial charge in [0.15, 0.2) is 0 Å². The number of aryl methyl sites for hydroxylation is 1. The summed E-state index contributed by atoms with van der Waals surface area (Å²) in [5.74, 6) is -1.77. The van der Waals surface area contributed by atoms with Crippen LogP contribution in [0.1, 0.15) is 27.9 Å². The Morgan fingerprint density at radius 1 is 1.10 bits per heavy atom. The smallest absolute Gasteiger partial charge is 0.257 e. The molecule has 0 N–H and O–H groups in total. The molecule has 6 nitrogen and oxygen atoms in total. The average Bonchev–Trinajstić information content (AvgIpc) is 3.07. The first-order valence-corrected chi connectivity index (χ1v) is 9.83. The van der Waals surface area contributed by atoms with Crippen LogP contribution in [0.5, 0.6) is 0 Å². The van der Waals surface area contributed by atoms with Crippen molar-refractivity contribution in [3.05, 3.63) is 95.6 Å². The molecule has 3 amide bonds. The summed E-state index contributed by atoms with van der Waals surface area (Å²) in [6.45, 7) is 2.04. The van der Waals surface area contributed by atoms with Gasteiger partial charge in [-0.1, -0.05) is 23.8 Å². The fourth-order valence-corrected chi connectivity index (χ4v) is 3.59. The molecule has 156 valence electrons. The van der Waals surface area contributed by atoms with Crippen LogP contribution in [0.2, 0.25) is 0 Å². The van der Waals surface area contributed by atoms with Gasteiger partial charge >= 0.3 is 0 Å². The third kappa shape index (κ3) is 4.21. The highest BCUT2D eigenvalue weighted by molar-refractivity contribution is 6.23. The number of rotatable bonds is 5. The Labute approximate surface area is 178 Å². The molecule has 7 heteroatoms. The van der Waals surface area contributed by atoms with Crippen LogP contribution in [0.15, 0.2) is 73.1 Å². The first kappa shape index (κ1) is 20.4. The van der Waals surface area contributed by atoms with Crippen molar-refractivity contribution in [3.8, 4) is 0 Å². The highest BCUT2D eigenvalue weighted by Crippen LogP contribution is 2.28. The van der Waals surface area contributed by atoms with Crippen LogP contribution in [0.3, 0.4) is 0 Å². The van der Waals surface area contributed by atoms with E-state index >= 15 is 0 Å². The number of anilines is 1. The van der Waals surface area contributed by atoms with Gasteiger partial charge in [-0.3, -0.25) is 19.4 Å². The molecule has 1 fully saturated rings. The fraction of sp³-hybridized carbons (Fsp3) is 0.167. The van der Waals surface area contributed by atoms with Crippen LogP contribution >= 0.6 is 0 Å². The number of benzene rings is 2. The van der Waals surface area contributed by atoms with Gasteiger partial charge in [0, 0.05) is 24.5 Å². The molecule has 0 aliphatic carbocycles.